The predicted molar refractivity (Wildman–Crippen MR) is 69.7 cm³/mol. The lowest BCUT2D eigenvalue weighted by molar-refractivity contribution is 0.0985. The van der Waals surface area contributed by atoms with E-state index >= 15 is 0 Å². The molecule has 0 spiro atoms. The first-order chi connectivity index (χ1) is 8.15. The number of Topliss-reactive ketones (excluding diaryl/α,β-unsaturated/α-hetero) is 1. The smallest absolute Gasteiger partial charge is 0.180 e. The molecule has 3 nitrogen and oxygen atoms in total. The molecular formula is C14H21NO2. The molecule has 0 atom stereocenters. The molecule has 1 N–H and O–H groups in total. The third-order valence-corrected chi connectivity index (χ3v) is 2.26. The number of ketones is 1. The van der Waals surface area contributed by atoms with Crippen molar-refractivity contribution in [3.63, 3.8) is 0 Å². The molecule has 1 aromatic rings. The Morgan fingerprint density at radius 1 is 1.35 bits per heavy atom. The molecule has 0 saturated carbocycles. The van der Waals surface area contributed by atoms with Crippen molar-refractivity contribution < 1.29 is 9.53 Å². The van der Waals surface area contributed by atoms with Gasteiger partial charge in [-0.05, 0) is 38.9 Å². The lowest BCUT2D eigenvalue weighted by Gasteiger charge is -2.13. The average Bonchev–Trinajstić information content (AvgIpc) is 2.29. The average molecular weight is 235 g/mol. The lowest BCUT2D eigenvalue weighted by Crippen LogP contribution is -2.24. The largest absolute Gasteiger partial charge is 0.490 e. The van der Waals surface area contributed by atoms with Crippen molar-refractivity contribution in [2.24, 2.45) is 0 Å². The topological polar surface area (TPSA) is 38.3 Å². The van der Waals surface area contributed by atoms with Gasteiger partial charge in [-0.25, -0.2) is 0 Å². The third kappa shape index (κ3) is 4.57. The van der Waals surface area contributed by atoms with Crippen LogP contribution in [0.3, 0.4) is 0 Å². The molecule has 0 saturated heterocycles. The summed E-state index contributed by atoms with van der Waals surface area (Å²) in [7, 11) is 0. The maximum atomic E-state index is 12.0. The molecule has 0 aliphatic carbocycles. The van der Waals surface area contributed by atoms with Crippen molar-refractivity contribution in [2.75, 3.05) is 13.1 Å². The number of carbonyl (C=O) groups excluding carboxylic acids is 1. The molecule has 0 aromatic heterocycles. The summed E-state index contributed by atoms with van der Waals surface area (Å²) < 4.78 is 5.62. The highest BCUT2D eigenvalue weighted by atomic mass is 16.5. The van der Waals surface area contributed by atoms with Gasteiger partial charge in [0.2, 0.25) is 0 Å². The molecule has 0 radical (unpaired) electrons. The Balaban J connectivity index is 2.71. The molecular weight excluding hydrogens is 214 g/mol. The maximum absolute atomic E-state index is 12.0. The second-order valence-electron chi connectivity index (χ2n) is 4.26. The fourth-order valence-corrected chi connectivity index (χ4v) is 1.53. The minimum absolute atomic E-state index is 0.0764. The van der Waals surface area contributed by atoms with Crippen LogP contribution in [0.4, 0.5) is 0 Å². The first-order valence-electron chi connectivity index (χ1n) is 6.14. The molecule has 0 unspecified atom stereocenters. The summed E-state index contributed by atoms with van der Waals surface area (Å²) in [6.07, 6.45) is 1.10. The van der Waals surface area contributed by atoms with Crippen LogP contribution in [0.2, 0.25) is 0 Å². The standard InChI is InChI=1S/C14H21NO2/c1-4-9-15-10-13(16)12-7-5-6-8-14(12)17-11(2)3/h5-8,11,15H,4,9-10H2,1-3H3. The highest BCUT2D eigenvalue weighted by Gasteiger charge is 2.12. The van der Waals surface area contributed by atoms with Gasteiger partial charge in [0.15, 0.2) is 5.78 Å². The van der Waals surface area contributed by atoms with Gasteiger partial charge in [-0.3, -0.25) is 4.79 Å². The van der Waals surface area contributed by atoms with Crippen LogP contribution in [0.25, 0.3) is 0 Å². The molecule has 0 bridgehead atoms. The molecule has 0 aliphatic rings. The number of benzene rings is 1. The van der Waals surface area contributed by atoms with Gasteiger partial charge >= 0.3 is 0 Å². The van der Waals surface area contributed by atoms with Crippen LogP contribution < -0.4 is 10.1 Å². The van der Waals surface area contributed by atoms with Crippen LogP contribution in [0.15, 0.2) is 24.3 Å². The number of carbonyl (C=O) groups is 1. The summed E-state index contributed by atoms with van der Waals surface area (Å²) in [5.41, 5.74) is 0.657. The van der Waals surface area contributed by atoms with Gasteiger partial charge in [0.25, 0.3) is 0 Å². The molecule has 94 valence electrons. The predicted octanol–water partition coefficient (Wildman–Crippen LogP) is 2.66. The summed E-state index contributed by atoms with van der Waals surface area (Å²) in [5, 5.41) is 3.11. The molecule has 0 aliphatic heterocycles. The van der Waals surface area contributed by atoms with E-state index in [9.17, 15) is 4.79 Å². The number of para-hydroxylation sites is 1. The van der Waals surface area contributed by atoms with E-state index < -0.39 is 0 Å². The van der Waals surface area contributed by atoms with E-state index in [0.717, 1.165) is 13.0 Å². The van der Waals surface area contributed by atoms with E-state index in [0.29, 0.717) is 17.9 Å². The van der Waals surface area contributed by atoms with Crippen LogP contribution in [0.1, 0.15) is 37.6 Å². The highest BCUT2D eigenvalue weighted by Crippen LogP contribution is 2.19. The Hall–Kier alpha value is -1.35. The fraction of sp³-hybridized carbons (Fsp3) is 0.500. The van der Waals surface area contributed by atoms with Gasteiger partial charge in [-0.15, -0.1) is 0 Å². The van der Waals surface area contributed by atoms with Crippen LogP contribution >= 0.6 is 0 Å². The van der Waals surface area contributed by atoms with Gasteiger partial charge in [0.05, 0.1) is 18.2 Å². The molecule has 0 amide bonds. The zero-order valence-electron chi connectivity index (χ0n) is 10.8. The van der Waals surface area contributed by atoms with E-state index in [1.807, 2.05) is 38.1 Å². The molecule has 0 heterocycles. The summed E-state index contributed by atoms with van der Waals surface area (Å²) in [4.78, 5) is 12.0. The number of hydrogen-bond acceptors (Lipinski definition) is 3. The Labute approximate surface area is 103 Å². The van der Waals surface area contributed by atoms with Crippen molar-refractivity contribution in [1.29, 1.82) is 0 Å². The number of nitrogens with one attached hydrogen (secondary N) is 1. The Bertz CT molecular complexity index is 361. The molecule has 17 heavy (non-hydrogen) atoms. The van der Waals surface area contributed by atoms with Crippen LogP contribution in [0.5, 0.6) is 5.75 Å². The van der Waals surface area contributed by atoms with Gasteiger partial charge in [0.1, 0.15) is 5.75 Å². The fourth-order valence-electron chi connectivity index (χ4n) is 1.53. The van der Waals surface area contributed by atoms with Crippen LogP contribution in [-0.4, -0.2) is 25.0 Å². The van der Waals surface area contributed by atoms with Crippen molar-refractivity contribution in [1.82, 2.24) is 5.32 Å². The second kappa shape index (κ2) is 7.07. The number of hydrogen-bond donors (Lipinski definition) is 1. The molecule has 0 fully saturated rings. The zero-order chi connectivity index (χ0) is 12.7. The second-order valence-corrected chi connectivity index (χ2v) is 4.26. The minimum atomic E-state index is 0.0764. The van der Waals surface area contributed by atoms with Crippen molar-refractivity contribution in [3.05, 3.63) is 29.8 Å². The quantitative estimate of drug-likeness (QED) is 0.583. The lowest BCUT2D eigenvalue weighted by atomic mass is 10.1. The first kappa shape index (κ1) is 13.7. The first-order valence-corrected chi connectivity index (χ1v) is 6.14. The Kier molecular flexibility index (Phi) is 5.70. The third-order valence-electron chi connectivity index (χ3n) is 2.26. The van der Waals surface area contributed by atoms with Crippen molar-refractivity contribution in [3.8, 4) is 5.75 Å². The normalized spacial score (nSPS) is 10.6. The summed E-state index contributed by atoms with van der Waals surface area (Å²) in [6.45, 7) is 7.21. The maximum Gasteiger partial charge on any atom is 0.180 e. The summed E-state index contributed by atoms with van der Waals surface area (Å²) in [6, 6.07) is 7.40. The Morgan fingerprint density at radius 3 is 2.71 bits per heavy atom. The van der Waals surface area contributed by atoms with Crippen LogP contribution in [-0.2, 0) is 0 Å². The minimum Gasteiger partial charge on any atom is -0.490 e. The van der Waals surface area contributed by atoms with Crippen LogP contribution in [0, 0.1) is 0 Å². The Morgan fingerprint density at radius 2 is 2.06 bits per heavy atom. The molecule has 1 aromatic carbocycles. The van der Waals surface area contributed by atoms with Gasteiger partial charge in [-0.2, -0.15) is 0 Å². The van der Waals surface area contributed by atoms with E-state index in [-0.39, 0.29) is 11.9 Å². The van der Waals surface area contributed by atoms with E-state index in [4.69, 9.17) is 4.74 Å². The highest BCUT2D eigenvalue weighted by molar-refractivity contribution is 6.00. The number of ether oxygens (including phenoxy) is 1. The van der Waals surface area contributed by atoms with Gasteiger partial charge < -0.3 is 10.1 Å². The van der Waals surface area contributed by atoms with E-state index in [2.05, 4.69) is 12.2 Å². The number of rotatable bonds is 7. The SMILES string of the molecule is CCCNCC(=O)c1ccccc1OC(C)C. The van der Waals surface area contributed by atoms with E-state index in [1.54, 1.807) is 0 Å². The molecule has 1 rings (SSSR count). The van der Waals surface area contributed by atoms with E-state index in [1.165, 1.54) is 0 Å². The van der Waals surface area contributed by atoms with Crippen molar-refractivity contribution >= 4 is 5.78 Å². The summed E-state index contributed by atoms with van der Waals surface area (Å²) >= 11 is 0. The monoisotopic (exact) mass is 235 g/mol. The zero-order valence-corrected chi connectivity index (χ0v) is 10.8. The summed E-state index contributed by atoms with van der Waals surface area (Å²) in [5.74, 6) is 0.750. The van der Waals surface area contributed by atoms with Gasteiger partial charge in [-0.1, -0.05) is 19.1 Å². The molecule has 3 heteroatoms. The van der Waals surface area contributed by atoms with Crippen molar-refractivity contribution in [2.45, 2.75) is 33.3 Å². The van der Waals surface area contributed by atoms with Gasteiger partial charge in [0, 0.05) is 0 Å².